The Bertz CT molecular complexity index is 376. The molecule has 1 aliphatic carbocycles. The van der Waals surface area contributed by atoms with Crippen LogP contribution in [0, 0.1) is 0 Å². The quantitative estimate of drug-likeness (QED) is 0.259. The van der Waals surface area contributed by atoms with Crippen LogP contribution < -0.4 is 5.73 Å². The zero-order valence-electron chi connectivity index (χ0n) is 14.1. The molecule has 1 aliphatic rings. The molecule has 0 radical (unpaired) electrons. The number of nitrogens with zero attached hydrogens (tertiary/aromatic N) is 1. The first kappa shape index (κ1) is 23.1. The van der Waals surface area contributed by atoms with Crippen molar-refractivity contribution in [1.82, 2.24) is 0 Å². The number of allylic oxidation sites excluding steroid dienone is 9. The van der Waals surface area contributed by atoms with Crippen LogP contribution >= 0.6 is 0 Å². The Labute approximate surface area is 140 Å². The van der Waals surface area contributed by atoms with Gasteiger partial charge in [0.15, 0.2) is 0 Å². The third kappa shape index (κ3) is 19.8. The van der Waals surface area contributed by atoms with E-state index in [0.29, 0.717) is 6.04 Å². The minimum Gasteiger partial charge on any atom is -0.400 e. The SMILES string of the molecule is C=C/C=C/C=C\C=C\C=C\C=O.CO.NC=NC1CCCCC1. The van der Waals surface area contributed by atoms with Crippen LogP contribution in [-0.4, -0.2) is 30.9 Å². The number of carbonyl (C=O) groups is 1. The summed E-state index contributed by atoms with van der Waals surface area (Å²) in [6.07, 6.45) is 24.6. The molecule has 0 aromatic heterocycles. The molecule has 0 unspecified atom stereocenters. The van der Waals surface area contributed by atoms with Crippen molar-refractivity contribution >= 4 is 12.6 Å². The number of aliphatic imine (C=N–C) groups is 1. The summed E-state index contributed by atoms with van der Waals surface area (Å²) in [6, 6.07) is 0.545. The number of carbonyl (C=O) groups excluding carboxylic acids is 1. The number of aliphatic hydroxyl groups is 1. The average molecular weight is 318 g/mol. The number of nitrogens with two attached hydrogens (primary N) is 1. The van der Waals surface area contributed by atoms with Gasteiger partial charge in [-0.05, 0) is 18.9 Å². The van der Waals surface area contributed by atoms with Gasteiger partial charge in [0.2, 0.25) is 0 Å². The van der Waals surface area contributed by atoms with E-state index in [1.54, 1.807) is 18.2 Å². The van der Waals surface area contributed by atoms with E-state index in [4.69, 9.17) is 10.8 Å². The monoisotopic (exact) mass is 318 g/mol. The molecule has 0 atom stereocenters. The Morgan fingerprint density at radius 2 is 1.39 bits per heavy atom. The second-order valence-electron chi connectivity index (χ2n) is 4.50. The van der Waals surface area contributed by atoms with Crippen molar-refractivity contribution in [2.45, 2.75) is 38.1 Å². The largest absolute Gasteiger partial charge is 0.400 e. The maximum Gasteiger partial charge on any atom is 0.142 e. The highest BCUT2D eigenvalue weighted by Crippen LogP contribution is 2.19. The van der Waals surface area contributed by atoms with Crippen LogP contribution in [0.25, 0.3) is 0 Å². The Morgan fingerprint density at radius 1 is 0.913 bits per heavy atom. The topological polar surface area (TPSA) is 75.7 Å². The third-order valence-electron chi connectivity index (χ3n) is 2.86. The van der Waals surface area contributed by atoms with Gasteiger partial charge in [-0.3, -0.25) is 9.79 Å². The van der Waals surface area contributed by atoms with Gasteiger partial charge in [-0.15, -0.1) is 0 Å². The highest BCUT2D eigenvalue weighted by atomic mass is 16.2. The molecule has 0 saturated heterocycles. The van der Waals surface area contributed by atoms with Crippen LogP contribution in [-0.2, 0) is 4.79 Å². The van der Waals surface area contributed by atoms with E-state index in [2.05, 4.69) is 11.6 Å². The summed E-state index contributed by atoms with van der Waals surface area (Å²) < 4.78 is 0. The van der Waals surface area contributed by atoms with Crippen LogP contribution in [0.4, 0.5) is 0 Å². The molecule has 4 heteroatoms. The summed E-state index contributed by atoms with van der Waals surface area (Å²) in [6.45, 7) is 3.53. The fourth-order valence-electron chi connectivity index (χ4n) is 1.86. The predicted molar refractivity (Wildman–Crippen MR) is 101 cm³/mol. The first-order chi connectivity index (χ1) is 11.3. The lowest BCUT2D eigenvalue weighted by Crippen LogP contribution is -2.10. The third-order valence-corrected chi connectivity index (χ3v) is 2.86. The van der Waals surface area contributed by atoms with Crippen LogP contribution in [0.5, 0.6) is 0 Å². The Morgan fingerprint density at radius 3 is 1.83 bits per heavy atom. The highest BCUT2D eigenvalue weighted by Gasteiger charge is 2.09. The van der Waals surface area contributed by atoms with E-state index in [1.807, 2.05) is 30.4 Å². The molecule has 0 aromatic rings. The second kappa shape index (κ2) is 22.1. The summed E-state index contributed by atoms with van der Waals surface area (Å²) in [4.78, 5) is 14.0. The van der Waals surface area contributed by atoms with Gasteiger partial charge in [0.05, 0.1) is 12.4 Å². The summed E-state index contributed by atoms with van der Waals surface area (Å²) in [5, 5.41) is 7.00. The smallest absolute Gasteiger partial charge is 0.142 e. The van der Waals surface area contributed by atoms with Crippen molar-refractivity contribution in [3.63, 3.8) is 0 Å². The van der Waals surface area contributed by atoms with Gasteiger partial charge in [-0.25, -0.2) is 0 Å². The molecule has 4 nitrogen and oxygen atoms in total. The maximum absolute atomic E-state index is 9.82. The Balaban J connectivity index is 0. The molecular weight excluding hydrogens is 288 g/mol. The standard InChI is InChI=1S/C11H12O.C7H14N2.CH4O/c1-2-3-4-5-6-7-8-9-10-11-12;8-6-9-7-4-2-1-3-5-7;1-2/h2-11H,1H2;6-7H,1-5H2,(H2,8,9);2H,1H3/b4-3+,6-5-,8-7+,10-9+;;. The van der Waals surface area contributed by atoms with E-state index < -0.39 is 0 Å². The molecule has 0 spiro atoms. The normalized spacial score (nSPS) is 15.7. The zero-order chi connectivity index (χ0) is 17.6. The molecular formula is C19H30N2O2. The minimum atomic E-state index is 0.545. The lowest BCUT2D eigenvalue weighted by atomic mass is 9.96. The zero-order valence-corrected chi connectivity index (χ0v) is 14.1. The highest BCUT2D eigenvalue weighted by molar-refractivity contribution is 5.65. The first-order valence-electron chi connectivity index (χ1n) is 7.76. The number of rotatable bonds is 6. The van der Waals surface area contributed by atoms with Gasteiger partial charge in [-0.2, -0.15) is 0 Å². The van der Waals surface area contributed by atoms with Crippen molar-refractivity contribution in [1.29, 1.82) is 0 Å². The van der Waals surface area contributed by atoms with E-state index in [0.717, 1.165) is 13.4 Å². The van der Waals surface area contributed by atoms with Crippen LogP contribution in [0.3, 0.4) is 0 Å². The average Bonchev–Trinajstić information content (AvgIpc) is 2.61. The number of hydrogen-bond acceptors (Lipinski definition) is 3. The number of hydrogen-bond donors (Lipinski definition) is 2. The van der Waals surface area contributed by atoms with Gasteiger partial charge in [0.1, 0.15) is 6.29 Å². The van der Waals surface area contributed by atoms with Crippen molar-refractivity contribution in [3.8, 4) is 0 Å². The molecule has 1 saturated carbocycles. The van der Waals surface area contributed by atoms with E-state index >= 15 is 0 Å². The van der Waals surface area contributed by atoms with E-state index in [1.165, 1.54) is 44.5 Å². The van der Waals surface area contributed by atoms with Gasteiger partial charge in [0.25, 0.3) is 0 Å². The molecule has 0 heterocycles. The van der Waals surface area contributed by atoms with Gasteiger partial charge >= 0.3 is 0 Å². The van der Waals surface area contributed by atoms with Gasteiger partial charge < -0.3 is 10.8 Å². The lowest BCUT2D eigenvalue weighted by Gasteiger charge is -2.16. The number of aldehydes is 1. The molecule has 0 bridgehead atoms. The van der Waals surface area contributed by atoms with Crippen LogP contribution in [0.1, 0.15) is 32.1 Å². The second-order valence-corrected chi connectivity index (χ2v) is 4.50. The van der Waals surface area contributed by atoms with Crippen molar-refractivity contribution in [2.24, 2.45) is 10.7 Å². The summed E-state index contributed by atoms with van der Waals surface area (Å²) >= 11 is 0. The van der Waals surface area contributed by atoms with Crippen molar-refractivity contribution < 1.29 is 9.90 Å². The molecule has 0 amide bonds. The van der Waals surface area contributed by atoms with Gasteiger partial charge in [0, 0.05) is 7.11 Å². The van der Waals surface area contributed by atoms with Crippen LogP contribution in [0.15, 0.2) is 66.3 Å². The molecule has 3 N–H and O–H groups in total. The fraction of sp³-hybridized carbons (Fsp3) is 0.368. The molecule has 23 heavy (non-hydrogen) atoms. The van der Waals surface area contributed by atoms with Crippen molar-refractivity contribution in [3.05, 3.63) is 61.3 Å². The lowest BCUT2D eigenvalue weighted by molar-refractivity contribution is -0.104. The molecule has 128 valence electrons. The fourth-order valence-corrected chi connectivity index (χ4v) is 1.86. The van der Waals surface area contributed by atoms with Gasteiger partial charge in [-0.1, -0.05) is 74.4 Å². The predicted octanol–water partition coefficient (Wildman–Crippen LogP) is 3.51. The van der Waals surface area contributed by atoms with Crippen molar-refractivity contribution in [2.75, 3.05) is 7.11 Å². The Hall–Kier alpha value is -2.20. The maximum atomic E-state index is 9.82. The minimum absolute atomic E-state index is 0.545. The molecule has 0 aromatic carbocycles. The summed E-state index contributed by atoms with van der Waals surface area (Å²) in [7, 11) is 1.00. The molecule has 1 rings (SSSR count). The molecule has 1 fully saturated rings. The number of aliphatic hydroxyl groups excluding tert-OH is 1. The van der Waals surface area contributed by atoms with E-state index in [-0.39, 0.29) is 0 Å². The molecule has 0 aliphatic heterocycles. The summed E-state index contributed by atoms with van der Waals surface area (Å²) in [5.41, 5.74) is 5.17. The van der Waals surface area contributed by atoms with E-state index in [9.17, 15) is 4.79 Å². The summed E-state index contributed by atoms with van der Waals surface area (Å²) in [5.74, 6) is 0. The van der Waals surface area contributed by atoms with Crippen LogP contribution in [0.2, 0.25) is 0 Å². The first-order valence-corrected chi connectivity index (χ1v) is 7.76. The Kier molecular flexibility index (Phi) is 22.2.